The second kappa shape index (κ2) is 7.72. The summed E-state index contributed by atoms with van der Waals surface area (Å²) in [5.74, 6) is -0.520. The Labute approximate surface area is 140 Å². The molecule has 1 saturated heterocycles. The Morgan fingerprint density at radius 2 is 1.79 bits per heavy atom. The Kier molecular flexibility index (Phi) is 5.20. The molecule has 124 valence electrons. The topological polar surface area (TPSA) is 82.3 Å². The number of anilines is 1. The minimum absolute atomic E-state index is 0.0659. The Bertz CT molecular complexity index is 695. The maximum atomic E-state index is 11.9. The van der Waals surface area contributed by atoms with Gasteiger partial charge in [0.2, 0.25) is 5.91 Å². The van der Waals surface area contributed by atoms with Gasteiger partial charge in [-0.2, -0.15) is 0 Å². The number of hydrogen-bond acceptors (Lipinski definition) is 4. The molecule has 0 aliphatic carbocycles. The van der Waals surface area contributed by atoms with E-state index in [4.69, 9.17) is 0 Å². The van der Waals surface area contributed by atoms with Crippen molar-refractivity contribution < 1.29 is 9.59 Å². The Morgan fingerprint density at radius 3 is 2.46 bits per heavy atom. The highest BCUT2D eigenvalue weighted by Crippen LogP contribution is 2.20. The quantitative estimate of drug-likeness (QED) is 0.673. The lowest BCUT2D eigenvalue weighted by molar-refractivity contribution is -0.115. The fraction of sp³-hybridized carbons (Fsp3) is 0.222. The van der Waals surface area contributed by atoms with Crippen molar-refractivity contribution in [3.8, 4) is 0 Å². The number of carbonyl (C=O) groups excluding carboxylic acids is 2. The minimum atomic E-state index is -0.263. The second-order valence-electron chi connectivity index (χ2n) is 5.63. The highest BCUT2D eigenvalue weighted by molar-refractivity contribution is 5.99. The Balaban J connectivity index is 1.48. The highest BCUT2D eigenvalue weighted by atomic mass is 16.2. The maximum absolute atomic E-state index is 11.9. The van der Waals surface area contributed by atoms with Crippen LogP contribution in [0.5, 0.6) is 0 Å². The molecule has 6 heteroatoms. The molecule has 1 heterocycles. The first-order valence-corrected chi connectivity index (χ1v) is 7.94. The molecule has 1 aliphatic rings. The maximum Gasteiger partial charge on any atom is 0.251 e. The van der Waals surface area contributed by atoms with Gasteiger partial charge in [0.15, 0.2) is 0 Å². The molecule has 0 bridgehead atoms. The number of hydrazine groups is 1. The monoisotopic (exact) mass is 324 g/mol. The van der Waals surface area contributed by atoms with E-state index in [1.807, 2.05) is 30.3 Å². The van der Waals surface area contributed by atoms with Crippen LogP contribution >= 0.6 is 0 Å². The summed E-state index contributed by atoms with van der Waals surface area (Å²) >= 11 is 0. The Morgan fingerprint density at radius 1 is 1.04 bits per heavy atom. The molecule has 4 N–H and O–H groups in total. The fourth-order valence-corrected chi connectivity index (χ4v) is 2.59. The van der Waals surface area contributed by atoms with E-state index in [0.29, 0.717) is 17.3 Å². The van der Waals surface area contributed by atoms with E-state index in [1.165, 1.54) is 5.56 Å². The van der Waals surface area contributed by atoms with Crippen molar-refractivity contribution in [2.24, 2.45) is 0 Å². The van der Waals surface area contributed by atoms with Crippen LogP contribution in [0.15, 0.2) is 54.6 Å². The number of benzene rings is 2. The zero-order valence-corrected chi connectivity index (χ0v) is 13.2. The van der Waals surface area contributed by atoms with Crippen molar-refractivity contribution in [1.82, 2.24) is 16.2 Å². The molecule has 1 unspecified atom stereocenters. The van der Waals surface area contributed by atoms with Gasteiger partial charge in [-0.1, -0.05) is 30.3 Å². The molecule has 2 aromatic carbocycles. The summed E-state index contributed by atoms with van der Waals surface area (Å²) in [7, 11) is 0. The highest BCUT2D eigenvalue weighted by Gasteiger charge is 2.15. The van der Waals surface area contributed by atoms with Crippen molar-refractivity contribution in [1.29, 1.82) is 0 Å². The first-order valence-electron chi connectivity index (χ1n) is 7.94. The molecule has 6 nitrogen and oxygen atoms in total. The number of carbonyl (C=O) groups is 2. The average Bonchev–Trinajstić information content (AvgIpc) is 3.16. The molecule has 24 heavy (non-hydrogen) atoms. The van der Waals surface area contributed by atoms with Crippen molar-refractivity contribution in [3.63, 3.8) is 0 Å². The average molecular weight is 324 g/mol. The molecule has 0 saturated carbocycles. The third kappa shape index (κ3) is 4.18. The normalized spacial score (nSPS) is 16.6. The van der Waals surface area contributed by atoms with Gasteiger partial charge in [-0.25, -0.2) is 0 Å². The van der Waals surface area contributed by atoms with Gasteiger partial charge in [0.05, 0.1) is 6.54 Å². The zero-order chi connectivity index (χ0) is 16.8. The van der Waals surface area contributed by atoms with Gasteiger partial charge in [0, 0.05) is 23.8 Å². The minimum Gasteiger partial charge on any atom is -0.343 e. The van der Waals surface area contributed by atoms with Crippen LogP contribution in [0.2, 0.25) is 0 Å². The van der Waals surface area contributed by atoms with E-state index < -0.39 is 0 Å². The lowest BCUT2D eigenvalue weighted by Gasteiger charge is -2.11. The molecule has 0 spiro atoms. The van der Waals surface area contributed by atoms with Gasteiger partial charge in [-0.05, 0) is 36.2 Å². The van der Waals surface area contributed by atoms with E-state index in [0.717, 1.165) is 13.0 Å². The van der Waals surface area contributed by atoms with E-state index >= 15 is 0 Å². The predicted molar refractivity (Wildman–Crippen MR) is 92.3 cm³/mol. The second-order valence-corrected chi connectivity index (χ2v) is 5.63. The number of rotatable bonds is 5. The lowest BCUT2D eigenvalue weighted by Crippen LogP contribution is -2.32. The summed E-state index contributed by atoms with van der Waals surface area (Å²) in [5.41, 5.74) is 8.72. The zero-order valence-electron chi connectivity index (χ0n) is 13.2. The van der Waals surface area contributed by atoms with Gasteiger partial charge < -0.3 is 10.6 Å². The van der Waals surface area contributed by atoms with Crippen LogP contribution in [0.1, 0.15) is 28.4 Å². The molecular formula is C18H20N4O2. The van der Waals surface area contributed by atoms with Gasteiger partial charge in [-0.15, -0.1) is 0 Å². The van der Waals surface area contributed by atoms with Gasteiger partial charge >= 0.3 is 0 Å². The van der Waals surface area contributed by atoms with Crippen LogP contribution in [0, 0.1) is 0 Å². The van der Waals surface area contributed by atoms with Crippen molar-refractivity contribution in [2.75, 3.05) is 18.4 Å². The van der Waals surface area contributed by atoms with Crippen LogP contribution in [-0.2, 0) is 4.79 Å². The molecule has 1 fully saturated rings. The summed E-state index contributed by atoms with van der Waals surface area (Å²) in [4.78, 5) is 23.8. The first-order chi connectivity index (χ1) is 11.7. The number of hydrogen-bond donors (Lipinski definition) is 4. The lowest BCUT2D eigenvalue weighted by atomic mass is 10.1. The van der Waals surface area contributed by atoms with E-state index in [-0.39, 0.29) is 18.4 Å². The van der Waals surface area contributed by atoms with Gasteiger partial charge in [-0.3, -0.25) is 20.4 Å². The predicted octanol–water partition coefficient (Wildman–Crippen LogP) is 1.59. The number of nitrogens with one attached hydrogen (secondary N) is 4. The molecule has 0 aromatic heterocycles. The summed E-state index contributed by atoms with van der Waals surface area (Å²) < 4.78 is 0. The molecule has 3 rings (SSSR count). The van der Waals surface area contributed by atoms with Crippen LogP contribution in [0.3, 0.4) is 0 Å². The van der Waals surface area contributed by atoms with Crippen LogP contribution in [-0.4, -0.2) is 24.9 Å². The third-order valence-corrected chi connectivity index (χ3v) is 3.88. The van der Waals surface area contributed by atoms with Crippen LogP contribution in [0.25, 0.3) is 0 Å². The fourth-order valence-electron chi connectivity index (χ4n) is 2.59. The molecule has 1 atom stereocenters. The summed E-state index contributed by atoms with van der Waals surface area (Å²) in [5, 5.41) is 5.38. The van der Waals surface area contributed by atoms with Crippen LogP contribution < -0.4 is 21.5 Å². The van der Waals surface area contributed by atoms with Crippen molar-refractivity contribution in [3.05, 3.63) is 65.7 Å². The van der Waals surface area contributed by atoms with Gasteiger partial charge in [0.1, 0.15) is 0 Å². The van der Waals surface area contributed by atoms with Crippen molar-refractivity contribution in [2.45, 2.75) is 12.5 Å². The van der Waals surface area contributed by atoms with E-state index in [1.54, 1.807) is 24.3 Å². The largest absolute Gasteiger partial charge is 0.343 e. The first kappa shape index (κ1) is 16.2. The molecule has 1 aliphatic heterocycles. The van der Waals surface area contributed by atoms with E-state index in [2.05, 4.69) is 21.5 Å². The van der Waals surface area contributed by atoms with E-state index in [9.17, 15) is 9.59 Å². The molecule has 2 amide bonds. The SMILES string of the molecule is O=C(CNC(=O)c1ccccc1)Nc1ccc(C2CCNN2)cc1. The standard InChI is InChI=1S/C18H20N4O2/c23-17(12-19-18(24)14-4-2-1-3-5-14)21-15-8-6-13(7-9-15)16-10-11-20-22-16/h1-9,16,20,22H,10-12H2,(H,19,24)(H,21,23). The van der Waals surface area contributed by atoms with Crippen molar-refractivity contribution >= 4 is 17.5 Å². The number of amides is 2. The summed E-state index contributed by atoms with van der Waals surface area (Å²) in [6.45, 7) is 0.883. The summed E-state index contributed by atoms with van der Waals surface area (Å²) in [6.07, 6.45) is 1.04. The third-order valence-electron chi connectivity index (χ3n) is 3.88. The molecular weight excluding hydrogens is 304 g/mol. The van der Waals surface area contributed by atoms with Crippen LogP contribution in [0.4, 0.5) is 5.69 Å². The molecule has 0 radical (unpaired) electrons. The Hall–Kier alpha value is -2.70. The smallest absolute Gasteiger partial charge is 0.251 e. The molecule has 2 aromatic rings. The summed E-state index contributed by atoms with van der Waals surface area (Å²) in [6, 6.07) is 16.8. The van der Waals surface area contributed by atoms with Gasteiger partial charge in [0.25, 0.3) is 5.91 Å².